The lowest BCUT2D eigenvalue weighted by molar-refractivity contribution is -0.138. The number of benzene rings is 1. The van der Waals surface area contributed by atoms with E-state index < -0.39 is 23.8 Å². The summed E-state index contributed by atoms with van der Waals surface area (Å²) in [6, 6.07) is 3.47. The molecule has 0 aliphatic carbocycles. The highest BCUT2D eigenvalue weighted by Gasteiger charge is 2.35. The topological polar surface area (TPSA) is 68.2 Å². The van der Waals surface area contributed by atoms with Crippen molar-refractivity contribution in [2.75, 3.05) is 0 Å². The third-order valence-electron chi connectivity index (χ3n) is 3.30. The predicted molar refractivity (Wildman–Crippen MR) is 71.9 cm³/mol. The molecule has 0 amide bonds. The standard InChI is InChI=1S/C14H15F3N2O2/c1-7(2)19-10(11(18)13(20)21)6-8-4-3-5-9(12(8)19)14(15,16)17/h3-7,11H,18H2,1-2H3,(H,20,21). The number of carboxylic acid groups (broad SMARTS) is 1. The lowest BCUT2D eigenvalue weighted by Crippen LogP contribution is -2.24. The molecule has 3 N–H and O–H groups in total. The molecule has 2 aromatic rings. The zero-order valence-corrected chi connectivity index (χ0v) is 11.5. The summed E-state index contributed by atoms with van der Waals surface area (Å²) in [6.45, 7) is 3.37. The average Bonchev–Trinajstić information content (AvgIpc) is 2.75. The number of hydrogen-bond acceptors (Lipinski definition) is 2. The zero-order valence-electron chi connectivity index (χ0n) is 11.5. The van der Waals surface area contributed by atoms with Gasteiger partial charge in [-0.05, 0) is 26.0 Å². The van der Waals surface area contributed by atoms with E-state index in [9.17, 15) is 18.0 Å². The van der Waals surface area contributed by atoms with Crippen LogP contribution in [-0.4, -0.2) is 15.6 Å². The van der Waals surface area contributed by atoms with Crippen molar-refractivity contribution in [1.29, 1.82) is 0 Å². The van der Waals surface area contributed by atoms with Gasteiger partial charge in [-0.15, -0.1) is 0 Å². The lowest BCUT2D eigenvalue weighted by atomic mass is 10.1. The van der Waals surface area contributed by atoms with Crippen LogP contribution >= 0.6 is 0 Å². The van der Waals surface area contributed by atoms with Crippen LogP contribution in [0.4, 0.5) is 13.2 Å². The van der Waals surface area contributed by atoms with Gasteiger partial charge in [-0.1, -0.05) is 12.1 Å². The molecule has 0 saturated heterocycles. The van der Waals surface area contributed by atoms with E-state index >= 15 is 0 Å². The summed E-state index contributed by atoms with van der Waals surface area (Å²) < 4.78 is 40.9. The molecule has 0 bridgehead atoms. The van der Waals surface area contributed by atoms with Crippen LogP contribution in [0.2, 0.25) is 0 Å². The fourth-order valence-electron chi connectivity index (χ4n) is 2.46. The van der Waals surface area contributed by atoms with Crippen molar-refractivity contribution in [2.45, 2.75) is 32.1 Å². The highest BCUT2D eigenvalue weighted by atomic mass is 19.4. The van der Waals surface area contributed by atoms with Gasteiger partial charge in [0.05, 0.1) is 11.1 Å². The largest absolute Gasteiger partial charge is 0.480 e. The van der Waals surface area contributed by atoms with Crippen molar-refractivity contribution in [2.24, 2.45) is 5.73 Å². The van der Waals surface area contributed by atoms with Crippen LogP contribution in [0.25, 0.3) is 10.9 Å². The molecule has 21 heavy (non-hydrogen) atoms. The van der Waals surface area contributed by atoms with Crippen molar-refractivity contribution in [1.82, 2.24) is 4.57 Å². The van der Waals surface area contributed by atoms with E-state index in [1.54, 1.807) is 13.8 Å². The molecule has 7 heteroatoms. The molecule has 4 nitrogen and oxygen atoms in total. The number of fused-ring (bicyclic) bond motifs is 1. The number of rotatable bonds is 3. The normalized spacial score (nSPS) is 13.9. The maximum atomic E-state index is 13.2. The van der Waals surface area contributed by atoms with Gasteiger partial charge in [-0.25, -0.2) is 0 Å². The van der Waals surface area contributed by atoms with Crippen molar-refractivity contribution in [3.05, 3.63) is 35.5 Å². The SMILES string of the molecule is CC(C)n1c(C(N)C(=O)O)cc2cccc(C(F)(F)F)c21. The second-order valence-corrected chi connectivity index (χ2v) is 5.09. The summed E-state index contributed by atoms with van der Waals surface area (Å²) in [5.41, 5.74) is 4.93. The number of alkyl halides is 3. The smallest absolute Gasteiger partial charge is 0.418 e. The molecule has 0 aliphatic heterocycles. The number of nitrogens with two attached hydrogens (primary N) is 1. The first-order valence-electron chi connectivity index (χ1n) is 6.34. The molecule has 1 heterocycles. The minimum Gasteiger partial charge on any atom is -0.480 e. The highest BCUT2D eigenvalue weighted by Crippen LogP contribution is 2.38. The molecule has 0 saturated carbocycles. The van der Waals surface area contributed by atoms with Gasteiger partial charge < -0.3 is 15.4 Å². The summed E-state index contributed by atoms with van der Waals surface area (Å²) >= 11 is 0. The maximum Gasteiger partial charge on any atom is 0.418 e. The maximum absolute atomic E-state index is 13.2. The van der Waals surface area contributed by atoms with E-state index in [4.69, 9.17) is 10.8 Å². The van der Waals surface area contributed by atoms with Crippen LogP contribution in [0, 0.1) is 0 Å². The van der Waals surface area contributed by atoms with Gasteiger partial charge in [0.15, 0.2) is 0 Å². The second kappa shape index (κ2) is 5.07. The second-order valence-electron chi connectivity index (χ2n) is 5.09. The van der Waals surface area contributed by atoms with Gasteiger partial charge in [0.1, 0.15) is 6.04 Å². The molecule has 2 rings (SSSR count). The van der Waals surface area contributed by atoms with Crippen molar-refractivity contribution < 1.29 is 23.1 Å². The van der Waals surface area contributed by atoms with E-state index in [0.29, 0.717) is 5.39 Å². The Morgan fingerprint density at radius 2 is 1.95 bits per heavy atom. The molecular formula is C14H15F3N2O2. The van der Waals surface area contributed by atoms with Crippen LogP contribution in [-0.2, 0) is 11.0 Å². The Morgan fingerprint density at radius 3 is 2.43 bits per heavy atom. The van der Waals surface area contributed by atoms with Crippen LogP contribution < -0.4 is 5.73 Å². The van der Waals surface area contributed by atoms with E-state index in [0.717, 1.165) is 6.07 Å². The number of nitrogens with zero attached hydrogens (tertiary/aromatic N) is 1. The molecule has 1 unspecified atom stereocenters. The molecule has 1 atom stereocenters. The molecule has 0 spiro atoms. The summed E-state index contributed by atoms with van der Waals surface area (Å²) in [7, 11) is 0. The molecule has 1 aromatic carbocycles. The summed E-state index contributed by atoms with van der Waals surface area (Å²) in [4.78, 5) is 11.1. The summed E-state index contributed by atoms with van der Waals surface area (Å²) in [6.07, 6.45) is -4.52. The molecule has 0 fully saturated rings. The number of halogens is 3. The number of aliphatic carboxylic acids is 1. The lowest BCUT2D eigenvalue weighted by Gasteiger charge is -2.19. The minimum absolute atomic E-state index is 0.0355. The average molecular weight is 300 g/mol. The fraction of sp³-hybridized carbons (Fsp3) is 0.357. The number of para-hydroxylation sites is 1. The first-order valence-corrected chi connectivity index (χ1v) is 6.34. The van der Waals surface area contributed by atoms with Gasteiger partial charge in [-0.2, -0.15) is 13.2 Å². The third kappa shape index (κ3) is 2.61. The minimum atomic E-state index is -4.52. The van der Waals surface area contributed by atoms with Crippen molar-refractivity contribution in [3.8, 4) is 0 Å². The van der Waals surface area contributed by atoms with Crippen molar-refractivity contribution in [3.63, 3.8) is 0 Å². The van der Waals surface area contributed by atoms with E-state index in [1.807, 2.05) is 0 Å². The van der Waals surface area contributed by atoms with Gasteiger partial charge in [0, 0.05) is 17.1 Å². The highest BCUT2D eigenvalue weighted by molar-refractivity contribution is 5.87. The number of carbonyl (C=O) groups is 1. The molecule has 0 aliphatic rings. The zero-order chi connectivity index (χ0) is 15.9. The molecule has 114 valence electrons. The Hall–Kier alpha value is -2.02. The monoisotopic (exact) mass is 300 g/mol. The molecule has 0 radical (unpaired) electrons. The third-order valence-corrected chi connectivity index (χ3v) is 3.30. The van der Waals surface area contributed by atoms with Gasteiger partial charge in [0.25, 0.3) is 0 Å². The van der Waals surface area contributed by atoms with E-state index in [2.05, 4.69) is 0 Å². The quantitative estimate of drug-likeness (QED) is 0.913. The van der Waals surface area contributed by atoms with Crippen LogP contribution in [0.3, 0.4) is 0 Å². The first kappa shape index (κ1) is 15.4. The first-order chi connectivity index (χ1) is 9.64. The Balaban J connectivity index is 2.86. The Kier molecular flexibility index (Phi) is 3.71. The van der Waals surface area contributed by atoms with Gasteiger partial charge in [-0.3, -0.25) is 4.79 Å². The Labute approximate surface area is 119 Å². The number of hydrogen-bond donors (Lipinski definition) is 2. The van der Waals surface area contributed by atoms with E-state index in [-0.39, 0.29) is 17.3 Å². The number of carboxylic acids is 1. The fourth-order valence-corrected chi connectivity index (χ4v) is 2.46. The van der Waals surface area contributed by atoms with E-state index in [1.165, 1.54) is 22.8 Å². The Morgan fingerprint density at radius 1 is 1.33 bits per heavy atom. The van der Waals surface area contributed by atoms with Crippen LogP contribution in [0.1, 0.15) is 37.2 Å². The molecular weight excluding hydrogens is 285 g/mol. The van der Waals surface area contributed by atoms with Gasteiger partial charge >= 0.3 is 12.1 Å². The molecule has 1 aromatic heterocycles. The number of aromatic nitrogens is 1. The summed E-state index contributed by atoms with van der Waals surface area (Å²) in [5, 5.41) is 9.36. The van der Waals surface area contributed by atoms with Crippen LogP contribution in [0.5, 0.6) is 0 Å². The van der Waals surface area contributed by atoms with Gasteiger partial charge in [0.2, 0.25) is 0 Å². The summed E-state index contributed by atoms with van der Waals surface area (Å²) in [5.74, 6) is -1.28. The Bertz CT molecular complexity index is 689. The predicted octanol–water partition coefficient (Wildman–Crippen LogP) is 3.33. The van der Waals surface area contributed by atoms with Crippen molar-refractivity contribution >= 4 is 16.9 Å². The van der Waals surface area contributed by atoms with Crippen LogP contribution in [0.15, 0.2) is 24.3 Å².